The molecule has 150 valence electrons. The Morgan fingerprint density at radius 2 is 1.24 bits per heavy atom. The molecule has 0 radical (unpaired) electrons. The van der Waals surface area contributed by atoms with E-state index in [9.17, 15) is 5.11 Å². The van der Waals surface area contributed by atoms with Crippen LogP contribution >= 0.6 is 0 Å². The largest absolute Gasteiger partial charge is 0.497 e. The predicted octanol–water partition coefficient (Wildman–Crippen LogP) is 4.56. The van der Waals surface area contributed by atoms with Crippen molar-refractivity contribution in [1.82, 2.24) is 0 Å². The van der Waals surface area contributed by atoms with Gasteiger partial charge in [-0.25, -0.2) is 0 Å². The monoisotopic (exact) mass is 390 g/mol. The van der Waals surface area contributed by atoms with Gasteiger partial charge in [0.2, 0.25) is 0 Å². The van der Waals surface area contributed by atoms with Gasteiger partial charge in [-0.2, -0.15) is 0 Å². The lowest BCUT2D eigenvalue weighted by atomic mass is 9.80. The fraction of sp³-hybridized carbons (Fsp3) is 0.200. The molecule has 3 rings (SSSR count). The Kier molecular flexibility index (Phi) is 6.70. The summed E-state index contributed by atoms with van der Waals surface area (Å²) < 4.78 is 17.1. The van der Waals surface area contributed by atoms with E-state index >= 15 is 0 Å². The molecule has 0 saturated carbocycles. The first-order chi connectivity index (χ1) is 14.1. The Morgan fingerprint density at radius 1 is 0.793 bits per heavy atom. The lowest BCUT2D eigenvalue weighted by molar-refractivity contribution is -0.0248. The number of benzene rings is 3. The van der Waals surface area contributed by atoms with Gasteiger partial charge in [0.1, 0.15) is 17.1 Å². The van der Waals surface area contributed by atoms with E-state index in [1.54, 1.807) is 14.2 Å². The Morgan fingerprint density at radius 3 is 1.66 bits per heavy atom. The van der Waals surface area contributed by atoms with E-state index < -0.39 is 11.7 Å². The molecule has 29 heavy (non-hydrogen) atoms. The molecule has 3 aromatic carbocycles. The van der Waals surface area contributed by atoms with E-state index in [0.29, 0.717) is 0 Å². The number of hydrogen-bond donors (Lipinski definition) is 1. The number of ether oxygens (including phenoxy) is 3. The maximum Gasteiger partial charge on any atom is 0.143 e. The molecule has 0 unspecified atom stereocenters. The van der Waals surface area contributed by atoms with Crippen LogP contribution in [0.15, 0.2) is 91.5 Å². The molecule has 0 amide bonds. The van der Waals surface area contributed by atoms with Crippen molar-refractivity contribution in [2.24, 2.45) is 0 Å². The van der Waals surface area contributed by atoms with Gasteiger partial charge in [-0.15, -0.1) is 6.58 Å². The third kappa shape index (κ3) is 4.34. The third-order valence-electron chi connectivity index (χ3n) is 4.92. The molecule has 0 aliphatic rings. The molecule has 4 nitrogen and oxygen atoms in total. The highest BCUT2D eigenvalue weighted by Crippen LogP contribution is 2.41. The molecule has 0 spiro atoms. The van der Waals surface area contributed by atoms with Gasteiger partial charge in [0.15, 0.2) is 0 Å². The zero-order chi connectivity index (χ0) is 20.7. The lowest BCUT2D eigenvalue weighted by Crippen LogP contribution is -2.35. The molecule has 0 heterocycles. The minimum absolute atomic E-state index is 0.0937. The smallest absolute Gasteiger partial charge is 0.143 e. The molecular weight excluding hydrogens is 364 g/mol. The van der Waals surface area contributed by atoms with Crippen molar-refractivity contribution in [1.29, 1.82) is 0 Å². The summed E-state index contributed by atoms with van der Waals surface area (Å²) in [5.74, 6) is 1.52. The van der Waals surface area contributed by atoms with Crippen LogP contribution in [0.5, 0.6) is 11.5 Å². The Balaban J connectivity index is 2.22. The SMILES string of the molecule is C=C[C@@H](O)COC(c1ccccc1)(c1ccc(OC)cc1)c1ccc(OC)cc1. The topological polar surface area (TPSA) is 47.9 Å². The normalized spacial score (nSPS) is 12.2. The van der Waals surface area contributed by atoms with Gasteiger partial charge >= 0.3 is 0 Å². The van der Waals surface area contributed by atoms with Gasteiger partial charge in [0.25, 0.3) is 0 Å². The molecule has 1 N–H and O–H groups in total. The van der Waals surface area contributed by atoms with E-state index in [-0.39, 0.29) is 6.61 Å². The molecule has 0 aliphatic heterocycles. The van der Waals surface area contributed by atoms with Crippen LogP contribution in [-0.2, 0) is 10.3 Å². The summed E-state index contributed by atoms with van der Waals surface area (Å²) in [6.45, 7) is 3.76. The Labute approximate surface area is 172 Å². The summed E-state index contributed by atoms with van der Waals surface area (Å²) in [7, 11) is 3.28. The van der Waals surface area contributed by atoms with E-state index in [2.05, 4.69) is 6.58 Å². The quantitative estimate of drug-likeness (QED) is 0.430. The Hall–Kier alpha value is -3.08. The maximum atomic E-state index is 10.1. The third-order valence-corrected chi connectivity index (χ3v) is 4.92. The van der Waals surface area contributed by atoms with Crippen molar-refractivity contribution in [3.63, 3.8) is 0 Å². The highest BCUT2D eigenvalue weighted by molar-refractivity contribution is 5.49. The minimum Gasteiger partial charge on any atom is -0.497 e. The average molecular weight is 390 g/mol. The van der Waals surface area contributed by atoms with Gasteiger partial charge in [0, 0.05) is 0 Å². The average Bonchev–Trinajstić information content (AvgIpc) is 2.80. The zero-order valence-electron chi connectivity index (χ0n) is 16.7. The van der Waals surface area contributed by atoms with Crippen molar-refractivity contribution in [2.75, 3.05) is 20.8 Å². The Bertz CT molecular complexity index is 854. The molecular formula is C25H26O4. The first kappa shape index (κ1) is 20.6. The maximum absolute atomic E-state index is 10.1. The van der Waals surface area contributed by atoms with E-state index in [0.717, 1.165) is 28.2 Å². The molecule has 3 aromatic rings. The summed E-state index contributed by atoms with van der Waals surface area (Å²) in [5, 5.41) is 10.1. The molecule has 0 fully saturated rings. The molecule has 1 atom stereocenters. The van der Waals surface area contributed by atoms with Gasteiger partial charge in [-0.3, -0.25) is 0 Å². The standard InChI is InChI=1S/C25H26O4/c1-4-22(26)18-29-25(19-8-6-5-7-9-19,20-10-14-23(27-2)15-11-20)21-12-16-24(28-3)17-13-21/h4-17,22,26H,1,18H2,2-3H3/t22-/m1/s1. The van der Waals surface area contributed by atoms with Crippen LogP contribution in [0.1, 0.15) is 16.7 Å². The number of hydrogen-bond acceptors (Lipinski definition) is 4. The van der Waals surface area contributed by atoms with Gasteiger partial charge in [-0.05, 0) is 41.0 Å². The molecule has 0 saturated heterocycles. The van der Waals surface area contributed by atoms with Gasteiger partial charge < -0.3 is 19.3 Å². The molecule has 0 aliphatic carbocycles. The zero-order valence-corrected chi connectivity index (χ0v) is 16.7. The fourth-order valence-corrected chi connectivity index (χ4v) is 3.35. The summed E-state index contributed by atoms with van der Waals surface area (Å²) in [4.78, 5) is 0. The van der Waals surface area contributed by atoms with Gasteiger partial charge in [-0.1, -0.05) is 60.7 Å². The second-order valence-electron chi connectivity index (χ2n) is 6.62. The first-order valence-corrected chi connectivity index (χ1v) is 9.43. The van der Waals surface area contributed by atoms with Crippen molar-refractivity contribution >= 4 is 0 Å². The number of rotatable bonds is 9. The van der Waals surface area contributed by atoms with Crippen molar-refractivity contribution in [3.05, 3.63) is 108 Å². The van der Waals surface area contributed by atoms with Crippen molar-refractivity contribution < 1.29 is 19.3 Å². The van der Waals surface area contributed by atoms with E-state index in [1.807, 2.05) is 78.9 Å². The van der Waals surface area contributed by atoms with E-state index in [1.165, 1.54) is 6.08 Å². The van der Waals surface area contributed by atoms with Crippen LogP contribution in [0.25, 0.3) is 0 Å². The minimum atomic E-state index is -0.927. The molecule has 4 heteroatoms. The number of methoxy groups -OCH3 is 2. The summed E-state index contributed by atoms with van der Waals surface area (Å²) in [6.07, 6.45) is 0.687. The van der Waals surface area contributed by atoms with Crippen molar-refractivity contribution in [3.8, 4) is 11.5 Å². The van der Waals surface area contributed by atoms with Crippen LogP contribution < -0.4 is 9.47 Å². The highest BCUT2D eigenvalue weighted by Gasteiger charge is 2.38. The van der Waals surface area contributed by atoms with Crippen LogP contribution in [0.4, 0.5) is 0 Å². The summed E-state index contributed by atoms with van der Waals surface area (Å²) in [5.41, 5.74) is 1.87. The second kappa shape index (κ2) is 9.41. The van der Waals surface area contributed by atoms with Crippen LogP contribution in [0, 0.1) is 0 Å². The molecule has 0 bridgehead atoms. The predicted molar refractivity (Wildman–Crippen MR) is 114 cm³/mol. The first-order valence-electron chi connectivity index (χ1n) is 9.43. The number of aliphatic hydroxyl groups is 1. The fourth-order valence-electron chi connectivity index (χ4n) is 3.35. The summed E-state index contributed by atoms with van der Waals surface area (Å²) >= 11 is 0. The van der Waals surface area contributed by atoms with E-state index in [4.69, 9.17) is 14.2 Å². The summed E-state index contributed by atoms with van der Waals surface area (Å²) in [6, 6.07) is 25.5. The van der Waals surface area contributed by atoms with Crippen molar-refractivity contribution in [2.45, 2.75) is 11.7 Å². The number of aliphatic hydroxyl groups excluding tert-OH is 1. The lowest BCUT2D eigenvalue weighted by Gasteiger charge is -2.36. The molecule has 0 aromatic heterocycles. The van der Waals surface area contributed by atoms with Crippen LogP contribution in [-0.4, -0.2) is 32.0 Å². The highest BCUT2D eigenvalue weighted by atomic mass is 16.5. The van der Waals surface area contributed by atoms with Crippen LogP contribution in [0.3, 0.4) is 0 Å². The van der Waals surface area contributed by atoms with Gasteiger partial charge in [0.05, 0.1) is 26.9 Å². The van der Waals surface area contributed by atoms with Crippen LogP contribution in [0.2, 0.25) is 0 Å². The second-order valence-corrected chi connectivity index (χ2v) is 6.62.